The predicted octanol–water partition coefficient (Wildman–Crippen LogP) is 0.346. The van der Waals surface area contributed by atoms with Gasteiger partial charge in [0.2, 0.25) is 15.9 Å². The molecule has 0 aliphatic heterocycles. The highest BCUT2D eigenvalue weighted by atomic mass is 32.2. The summed E-state index contributed by atoms with van der Waals surface area (Å²) in [5, 5.41) is 14.8. The third kappa shape index (κ3) is 5.51. The highest BCUT2D eigenvalue weighted by Gasteiger charge is 2.24. The Kier molecular flexibility index (Phi) is 7.46. The first kappa shape index (κ1) is 22.1. The zero-order chi connectivity index (χ0) is 20.8. The summed E-state index contributed by atoms with van der Waals surface area (Å²) < 4.78 is 27.3. The van der Waals surface area contributed by atoms with Crippen LogP contribution < -0.4 is 4.31 Å². The van der Waals surface area contributed by atoms with Gasteiger partial charge in [-0.05, 0) is 18.6 Å². The second-order valence-electron chi connectivity index (χ2n) is 5.88. The third-order valence-electron chi connectivity index (χ3n) is 3.70. The van der Waals surface area contributed by atoms with Crippen LogP contribution in [0.2, 0.25) is 0 Å². The van der Waals surface area contributed by atoms with Crippen molar-refractivity contribution in [3.05, 3.63) is 30.1 Å². The van der Waals surface area contributed by atoms with E-state index in [4.69, 9.17) is 9.90 Å². The van der Waals surface area contributed by atoms with E-state index in [0.717, 1.165) is 16.1 Å². The zero-order valence-corrected chi connectivity index (χ0v) is 16.6. The fourth-order valence-electron chi connectivity index (χ4n) is 2.31. The molecule has 27 heavy (non-hydrogen) atoms. The van der Waals surface area contributed by atoms with Crippen LogP contribution in [0.15, 0.2) is 24.5 Å². The fraction of sp³-hybridized carbons (Fsp3) is 0.375. The molecule has 0 radical (unpaired) electrons. The topological polar surface area (TPSA) is 126 Å². The van der Waals surface area contributed by atoms with E-state index in [2.05, 4.69) is 10.2 Å². The Morgan fingerprint density at radius 1 is 1.33 bits per heavy atom. The van der Waals surface area contributed by atoms with Crippen molar-refractivity contribution in [2.45, 2.75) is 6.92 Å². The normalized spacial score (nSPS) is 10.6. The lowest BCUT2D eigenvalue weighted by Crippen LogP contribution is -2.40. The van der Waals surface area contributed by atoms with Crippen LogP contribution in [-0.4, -0.2) is 72.5 Å². The number of hydrogen-bond acceptors (Lipinski definition) is 6. The summed E-state index contributed by atoms with van der Waals surface area (Å²) in [7, 11) is 1.37. The number of anilines is 1. The molecule has 0 saturated heterocycles. The molecule has 0 atom stereocenters. The highest BCUT2D eigenvalue weighted by molar-refractivity contribution is 7.92. The van der Waals surface area contributed by atoms with Crippen molar-refractivity contribution in [1.82, 2.24) is 19.7 Å². The lowest BCUT2D eigenvalue weighted by molar-refractivity contribution is -0.127. The molecule has 1 heterocycles. The van der Waals surface area contributed by atoms with Crippen molar-refractivity contribution in [3.8, 4) is 11.4 Å². The van der Waals surface area contributed by atoms with Crippen molar-refractivity contribution in [1.29, 1.82) is 0 Å². The molecule has 0 aliphatic carbocycles. The number of hydrogen-bond donors (Lipinski definition) is 1. The highest BCUT2D eigenvalue weighted by Crippen LogP contribution is 2.30. The summed E-state index contributed by atoms with van der Waals surface area (Å²) in [6.07, 6.45) is 2.66. The SMILES string of the molecule is Cc1c(-c2nncn2C)cccc1N(CC(=O)N(C)C)S(C)(=O)=O.O=CO. The zero-order valence-electron chi connectivity index (χ0n) is 15.8. The Morgan fingerprint density at radius 2 is 1.93 bits per heavy atom. The van der Waals surface area contributed by atoms with Crippen LogP contribution in [0, 0.1) is 6.92 Å². The Labute approximate surface area is 158 Å². The number of benzene rings is 1. The minimum absolute atomic E-state index is 0.250. The van der Waals surface area contributed by atoms with Crippen LogP contribution in [0.4, 0.5) is 5.69 Å². The second kappa shape index (κ2) is 9.12. The van der Waals surface area contributed by atoms with Gasteiger partial charge in [0.15, 0.2) is 5.82 Å². The third-order valence-corrected chi connectivity index (χ3v) is 4.83. The van der Waals surface area contributed by atoms with Gasteiger partial charge in [-0.2, -0.15) is 0 Å². The molecule has 1 amide bonds. The summed E-state index contributed by atoms with van der Waals surface area (Å²) in [5.74, 6) is 0.325. The van der Waals surface area contributed by atoms with Gasteiger partial charge in [0.1, 0.15) is 12.9 Å². The van der Waals surface area contributed by atoms with Gasteiger partial charge in [-0.15, -0.1) is 10.2 Å². The molecule has 0 bridgehead atoms. The second-order valence-corrected chi connectivity index (χ2v) is 7.79. The van der Waals surface area contributed by atoms with Crippen molar-refractivity contribution >= 4 is 28.1 Å². The maximum absolute atomic E-state index is 12.2. The Hall–Kier alpha value is -2.95. The van der Waals surface area contributed by atoms with Crippen LogP contribution >= 0.6 is 0 Å². The van der Waals surface area contributed by atoms with Crippen LogP contribution in [-0.2, 0) is 26.7 Å². The van der Waals surface area contributed by atoms with E-state index in [1.165, 1.54) is 4.90 Å². The van der Waals surface area contributed by atoms with Gasteiger partial charge >= 0.3 is 0 Å². The average Bonchev–Trinajstić information content (AvgIpc) is 2.98. The lowest BCUT2D eigenvalue weighted by atomic mass is 10.1. The van der Waals surface area contributed by atoms with Crippen molar-refractivity contribution in [3.63, 3.8) is 0 Å². The number of carbonyl (C=O) groups is 2. The smallest absolute Gasteiger partial charge is 0.290 e. The van der Waals surface area contributed by atoms with E-state index in [0.29, 0.717) is 17.1 Å². The quantitative estimate of drug-likeness (QED) is 0.721. The number of aryl methyl sites for hydroxylation is 1. The number of carbonyl (C=O) groups excluding carboxylic acids is 1. The lowest BCUT2D eigenvalue weighted by Gasteiger charge is -2.25. The molecule has 11 heteroatoms. The fourth-order valence-corrected chi connectivity index (χ4v) is 3.21. The number of nitrogens with zero attached hydrogens (tertiary/aromatic N) is 5. The van der Waals surface area contributed by atoms with Gasteiger partial charge < -0.3 is 14.6 Å². The molecule has 0 fully saturated rings. The summed E-state index contributed by atoms with van der Waals surface area (Å²) in [6.45, 7) is 1.30. The maximum Gasteiger partial charge on any atom is 0.290 e. The minimum Gasteiger partial charge on any atom is -0.483 e. The van der Waals surface area contributed by atoms with E-state index in [-0.39, 0.29) is 18.9 Å². The van der Waals surface area contributed by atoms with E-state index in [9.17, 15) is 13.2 Å². The summed E-state index contributed by atoms with van der Waals surface area (Å²) >= 11 is 0. The first-order chi connectivity index (χ1) is 12.5. The van der Waals surface area contributed by atoms with Gasteiger partial charge in [0, 0.05) is 26.7 Å². The van der Waals surface area contributed by atoms with Gasteiger partial charge in [-0.1, -0.05) is 12.1 Å². The van der Waals surface area contributed by atoms with Gasteiger partial charge in [0.25, 0.3) is 6.47 Å². The number of likely N-dealkylation sites (N-methyl/N-ethyl adjacent to an activating group) is 1. The van der Waals surface area contributed by atoms with E-state index in [1.54, 1.807) is 44.0 Å². The average molecular weight is 397 g/mol. The van der Waals surface area contributed by atoms with Crippen molar-refractivity contribution in [2.75, 3.05) is 31.2 Å². The van der Waals surface area contributed by atoms with Gasteiger partial charge in [-0.25, -0.2) is 8.42 Å². The predicted molar refractivity (Wildman–Crippen MR) is 101 cm³/mol. The maximum atomic E-state index is 12.2. The Balaban J connectivity index is 0.00000114. The van der Waals surface area contributed by atoms with Crippen LogP contribution in [0.5, 0.6) is 0 Å². The van der Waals surface area contributed by atoms with Crippen LogP contribution in [0.25, 0.3) is 11.4 Å². The molecule has 0 saturated carbocycles. The molecule has 2 aromatic rings. The number of carboxylic acid groups (broad SMARTS) is 1. The number of sulfonamides is 1. The molecule has 0 aliphatic rings. The van der Waals surface area contributed by atoms with E-state index < -0.39 is 10.0 Å². The van der Waals surface area contributed by atoms with Gasteiger partial charge in [-0.3, -0.25) is 13.9 Å². The monoisotopic (exact) mass is 397 g/mol. The van der Waals surface area contributed by atoms with Crippen molar-refractivity contribution in [2.24, 2.45) is 7.05 Å². The number of aromatic nitrogens is 3. The summed E-state index contributed by atoms with van der Waals surface area (Å²) in [4.78, 5) is 21.8. The number of amides is 1. The molecule has 1 N–H and O–H groups in total. The molecular formula is C16H23N5O5S. The molecule has 1 aromatic carbocycles. The molecule has 0 spiro atoms. The van der Waals surface area contributed by atoms with E-state index >= 15 is 0 Å². The van der Waals surface area contributed by atoms with E-state index in [1.807, 2.05) is 13.1 Å². The van der Waals surface area contributed by atoms with Crippen LogP contribution in [0.3, 0.4) is 0 Å². The molecule has 10 nitrogen and oxygen atoms in total. The number of rotatable bonds is 5. The van der Waals surface area contributed by atoms with Crippen molar-refractivity contribution < 1.29 is 23.1 Å². The minimum atomic E-state index is -3.62. The molecular weight excluding hydrogens is 374 g/mol. The molecule has 0 unspecified atom stereocenters. The Bertz CT molecular complexity index is 908. The Morgan fingerprint density at radius 3 is 2.37 bits per heavy atom. The summed E-state index contributed by atoms with van der Waals surface area (Å²) in [6, 6.07) is 5.26. The largest absolute Gasteiger partial charge is 0.483 e. The van der Waals surface area contributed by atoms with Gasteiger partial charge in [0.05, 0.1) is 11.9 Å². The standard InChI is InChI=1S/C15H21N5O3S.CH2O2/c1-11-12(15-17-16-10-19(15)4)7-6-8-13(11)20(24(5,22)23)9-14(21)18(2)3;2-1-3/h6-8,10H,9H2,1-5H3;1H,(H,2,3). The molecule has 2 rings (SSSR count). The first-order valence-corrected chi connectivity index (χ1v) is 9.59. The molecule has 148 valence electrons. The summed E-state index contributed by atoms with van der Waals surface area (Å²) in [5.41, 5.74) is 1.93. The molecule has 1 aromatic heterocycles. The first-order valence-electron chi connectivity index (χ1n) is 7.74. The van der Waals surface area contributed by atoms with Crippen LogP contribution in [0.1, 0.15) is 5.56 Å².